The quantitative estimate of drug-likeness (QED) is 0.576. The van der Waals surface area contributed by atoms with Gasteiger partial charge in [-0.05, 0) is 24.1 Å². The first-order chi connectivity index (χ1) is 11.1. The zero-order chi connectivity index (χ0) is 16.7. The van der Waals surface area contributed by atoms with Crippen molar-refractivity contribution in [2.24, 2.45) is 0 Å². The molecule has 1 atom stereocenters. The number of nitrogens with zero attached hydrogens (tertiary/aromatic N) is 2. The second kappa shape index (κ2) is 8.38. The first-order valence-corrected chi connectivity index (χ1v) is 7.62. The minimum atomic E-state index is -0.482. The van der Waals surface area contributed by atoms with Gasteiger partial charge in [0, 0.05) is 18.8 Å². The van der Waals surface area contributed by atoms with E-state index in [1.54, 1.807) is 17.6 Å². The van der Waals surface area contributed by atoms with E-state index in [0.29, 0.717) is 18.1 Å². The molecule has 0 aliphatic carbocycles. The van der Waals surface area contributed by atoms with E-state index in [0.717, 1.165) is 24.8 Å². The van der Waals surface area contributed by atoms with Crippen molar-refractivity contribution < 1.29 is 18.9 Å². The van der Waals surface area contributed by atoms with Crippen LogP contribution in [0.5, 0.6) is 0 Å². The molecule has 1 aromatic heterocycles. The molecule has 6 nitrogen and oxygen atoms in total. The third-order valence-electron chi connectivity index (χ3n) is 3.57. The van der Waals surface area contributed by atoms with Crippen LogP contribution in [0.3, 0.4) is 0 Å². The Kier molecular flexibility index (Phi) is 6.22. The van der Waals surface area contributed by atoms with E-state index in [1.165, 1.54) is 12.1 Å². The molecule has 1 heterocycles. The van der Waals surface area contributed by atoms with Crippen LogP contribution in [0.4, 0.5) is 4.39 Å². The van der Waals surface area contributed by atoms with Gasteiger partial charge in [-0.25, -0.2) is 9.87 Å². The molecule has 2 aromatic rings. The molecule has 0 saturated heterocycles. The maximum atomic E-state index is 12.9. The molecule has 0 saturated carbocycles. The predicted molar refractivity (Wildman–Crippen MR) is 80.3 cm³/mol. The fraction of sp³-hybridized carbons (Fsp3) is 0.438. The summed E-state index contributed by atoms with van der Waals surface area (Å²) in [5.41, 5.74) is 2.50. The summed E-state index contributed by atoms with van der Waals surface area (Å²) in [7, 11) is 0. The normalized spacial score (nSPS) is 12.1. The molecule has 124 valence electrons. The van der Waals surface area contributed by atoms with Gasteiger partial charge in [-0.1, -0.05) is 37.1 Å². The van der Waals surface area contributed by atoms with Crippen LogP contribution < -0.4 is 5.48 Å². The largest absolute Gasteiger partial charge is 0.339 e. The number of carbonyl (C=O) groups excluding carboxylic acids is 1. The molecule has 0 aliphatic heterocycles. The minimum absolute atomic E-state index is 0.0919. The summed E-state index contributed by atoms with van der Waals surface area (Å²) in [6.45, 7) is 2.05. The second-order valence-electron chi connectivity index (χ2n) is 5.43. The lowest BCUT2D eigenvalue weighted by atomic mass is 9.98. The summed E-state index contributed by atoms with van der Waals surface area (Å²) in [5.74, 6) is -0.130. The zero-order valence-electron chi connectivity index (χ0n) is 13.0. The number of aromatic nitrogens is 2. The molecule has 23 heavy (non-hydrogen) atoms. The van der Waals surface area contributed by atoms with Gasteiger partial charge >= 0.3 is 0 Å². The van der Waals surface area contributed by atoms with Crippen molar-refractivity contribution in [3.63, 3.8) is 0 Å². The van der Waals surface area contributed by atoms with Gasteiger partial charge in [0.15, 0.2) is 5.82 Å². The molecule has 1 amide bonds. The van der Waals surface area contributed by atoms with Crippen LogP contribution in [0, 0.1) is 5.82 Å². The molecule has 2 rings (SSSR count). The number of carbonyl (C=O) groups is 1. The van der Waals surface area contributed by atoms with Crippen LogP contribution in [0.25, 0.3) is 0 Å². The van der Waals surface area contributed by atoms with Crippen LogP contribution in [-0.2, 0) is 11.2 Å². The van der Waals surface area contributed by atoms with E-state index < -0.39 is 5.91 Å². The number of amides is 1. The van der Waals surface area contributed by atoms with Crippen LogP contribution in [0.1, 0.15) is 55.8 Å². The standard InChI is InChI=1S/C16H20FN3O3/c1-2-3-4-12(10-15(21)19-22)16-18-14(20-23-16)9-11-5-7-13(17)8-6-11/h5-8,12,22H,2-4,9-10H2,1H3,(H,19,21)/t12-/m1/s1. The lowest BCUT2D eigenvalue weighted by Crippen LogP contribution is -2.21. The molecule has 1 aromatic carbocycles. The summed E-state index contributed by atoms with van der Waals surface area (Å²) in [5, 5.41) is 12.6. The summed E-state index contributed by atoms with van der Waals surface area (Å²) < 4.78 is 18.2. The first kappa shape index (κ1) is 17.1. The van der Waals surface area contributed by atoms with E-state index in [4.69, 9.17) is 9.73 Å². The summed E-state index contributed by atoms with van der Waals surface area (Å²) in [6.07, 6.45) is 3.14. The van der Waals surface area contributed by atoms with Crippen molar-refractivity contribution in [1.82, 2.24) is 15.6 Å². The monoisotopic (exact) mass is 321 g/mol. The van der Waals surface area contributed by atoms with Crippen molar-refractivity contribution in [1.29, 1.82) is 0 Å². The fourth-order valence-electron chi connectivity index (χ4n) is 2.32. The van der Waals surface area contributed by atoms with E-state index in [1.807, 2.05) is 0 Å². The van der Waals surface area contributed by atoms with Crippen molar-refractivity contribution in [2.45, 2.75) is 44.9 Å². The Morgan fingerprint density at radius 3 is 2.78 bits per heavy atom. The van der Waals surface area contributed by atoms with Crippen LogP contribution in [-0.4, -0.2) is 21.3 Å². The fourth-order valence-corrected chi connectivity index (χ4v) is 2.32. The Labute approximate surface area is 133 Å². The van der Waals surface area contributed by atoms with Crippen molar-refractivity contribution in [3.05, 3.63) is 47.4 Å². The van der Waals surface area contributed by atoms with Gasteiger partial charge in [0.2, 0.25) is 11.8 Å². The van der Waals surface area contributed by atoms with Gasteiger partial charge < -0.3 is 4.52 Å². The molecule has 0 unspecified atom stereocenters. The number of rotatable bonds is 8. The van der Waals surface area contributed by atoms with E-state index in [-0.39, 0.29) is 18.2 Å². The van der Waals surface area contributed by atoms with E-state index in [9.17, 15) is 9.18 Å². The lowest BCUT2D eigenvalue weighted by Gasteiger charge is -2.10. The number of hydroxylamine groups is 1. The zero-order valence-corrected chi connectivity index (χ0v) is 13.0. The highest BCUT2D eigenvalue weighted by Crippen LogP contribution is 2.24. The highest BCUT2D eigenvalue weighted by Gasteiger charge is 2.22. The number of hydrogen-bond acceptors (Lipinski definition) is 5. The first-order valence-electron chi connectivity index (χ1n) is 7.62. The highest BCUT2D eigenvalue weighted by atomic mass is 19.1. The van der Waals surface area contributed by atoms with Crippen LogP contribution >= 0.6 is 0 Å². The molecule has 2 N–H and O–H groups in total. The van der Waals surface area contributed by atoms with Crippen molar-refractivity contribution in [3.8, 4) is 0 Å². The number of unbranched alkanes of at least 4 members (excludes halogenated alkanes) is 1. The lowest BCUT2D eigenvalue weighted by molar-refractivity contribution is -0.129. The molecule has 7 heteroatoms. The van der Waals surface area contributed by atoms with Gasteiger partial charge in [-0.3, -0.25) is 10.0 Å². The van der Waals surface area contributed by atoms with Crippen LogP contribution in [0.2, 0.25) is 0 Å². The Balaban J connectivity index is 2.07. The number of benzene rings is 1. The predicted octanol–water partition coefficient (Wildman–Crippen LogP) is 2.97. The number of nitrogens with one attached hydrogen (secondary N) is 1. The van der Waals surface area contributed by atoms with Gasteiger partial charge in [-0.15, -0.1) is 0 Å². The van der Waals surface area contributed by atoms with E-state index in [2.05, 4.69) is 17.1 Å². The molecule has 0 aliphatic rings. The van der Waals surface area contributed by atoms with Gasteiger partial charge in [0.25, 0.3) is 0 Å². The summed E-state index contributed by atoms with van der Waals surface area (Å²) in [6, 6.07) is 6.09. The third-order valence-corrected chi connectivity index (χ3v) is 3.57. The summed E-state index contributed by atoms with van der Waals surface area (Å²) >= 11 is 0. The highest BCUT2D eigenvalue weighted by molar-refractivity contribution is 5.75. The van der Waals surface area contributed by atoms with Gasteiger partial charge in [0.1, 0.15) is 5.82 Å². The van der Waals surface area contributed by atoms with Gasteiger partial charge in [-0.2, -0.15) is 4.98 Å². The number of halogens is 1. The Morgan fingerprint density at radius 1 is 1.39 bits per heavy atom. The maximum absolute atomic E-state index is 12.9. The second-order valence-corrected chi connectivity index (χ2v) is 5.43. The average molecular weight is 321 g/mol. The maximum Gasteiger partial charge on any atom is 0.244 e. The molecular formula is C16H20FN3O3. The Hall–Kier alpha value is -2.28. The van der Waals surface area contributed by atoms with Gasteiger partial charge in [0.05, 0.1) is 0 Å². The van der Waals surface area contributed by atoms with Crippen LogP contribution in [0.15, 0.2) is 28.8 Å². The molecule has 0 bridgehead atoms. The average Bonchev–Trinajstić information content (AvgIpc) is 3.01. The third kappa shape index (κ3) is 5.14. The van der Waals surface area contributed by atoms with Crippen molar-refractivity contribution >= 4 is 5.91 Å². The smallest absolute Gasteiger partial charge is 0.244 e. The Morgan fingerprint density at radius 2 is 2.13 bits per heavy atom. The topological polar surface area (TPSA) is 88.2 Å². The SMILES string of the molecule is CCCC[C@H](CC(=O)NO)c1nc(Cc2ccc(F)cc2)no1. The molecule has 0 fully saturated rings. The Bertz CT molecular complexity index is 628. The number of hydrogen-bond donors (Lipinski definition) is 2. The molecule has 0 spiro atoms. The summed E-state index contributed by atoms with van der Waals surface area (Å²) in [4.78, 5) is 15.7. The molecule has 0 radical (unpaired) electrons. The minimum Gasteiger partial charge on any atom is -0.339 e. The van der Waals surface area contributed by atoms with Crippen molar-refractivity contribution in [2.75, 3.05) is 0 Å². The molecular weight excluding hydrogens is 301 g/mol. The van der Waals surface area contributed by atoms with E-state index >= 15 is 0 Å².